The lowest BCUT2D eigenvalue weighted by Crippen LogP contribution is -2.03. The molecule has 0 saturated carbocycles. The van der Waals surface area contributed by atoms with Gasteiger partial charge in [0.15, 0.2) is 11.5 Å². The van der Waals surface area contributed by atoms with Gasteiger partial charge in [0.05, 0.1) is 13.2 Å². The Morgan fingerprint density at radius 1 is 0.491 bits per heavy atom. The maximum atomic E-state index is 6.62. The second kappa shape index (κ2) is 25.6. The van der Waals surface area contributed by atoms with Gasteiger partial charge in [-0.1, -0.05) is 142 Å². The zero-order valence-corrected chi connectivity index (χ0v) is 35.4. The molecular formula is C44H60N4O4S3. The molecule has 0 atom stereocenters. The Morgan fingerprint density at radius 2 is 0.873 bits per heavy atom. The van der Waals surface area contributed by atoms with Gasteiger partial charge in [0.25, 0.3) is 11.8 Å². The van der Waals surface area contributed by atoms with Gasteiger partial charge in [0.1, 0.15) is 9.75 Å². The molecule has 5 aromatic rings. The Balaban J connectivity index is 1.30. The van der Waals surface area contributed by atoms with E-state index in [-0.39, 0.29) is 0 Å². The fourth-order valence-electron chi connectivity index (χ4n) is 6.34. The van der Waals surface area contributed by atoms with Gasteiger partial charge >= 0.3 is 0 Å². The molecule has 0 aromatic carbocycles. The minimum absolute atomic E-state index is 0.376. The normalized spacial score (nSPS) is 11.8. The maximum absolute atomic E-state index is 6.62. The van der Waals surface area contributed by atoms with E-state index in [2.05, 4.69) is 46.4 Å². The predicted octanol–water partition coefficient (Wildman–Crippen LogP) is 14.9. The van der Waals surface area contributed by atoms with E-state index < -0.39 is 0 Å². The largest absolute Gasteiger partial charge is 0.488 e. The molecule has 8 nitrogen and oxygen atoms in total. The molecular weight excluding hydrogens is 745 g/mol. The van der Waals surface area contributed by atoms with E-state index >= 15 is 0 Å². The standard InChI is InChI=1S/C44H60N4O4S3/c1-3-5-7-9-11-13-15-17-19-21-31-49-39-40(50-32-22-20-18-16-14-12-10-8-6-4-2)42(44-48-46-38(52-44)30-28-36-26-24-34-54-36)55-41(39)43-47-45-37(51-43)29-27-35-25-23-33-53-35/h23-30,33-34H,3-22,31-32H2,1-2H3/b29-27+,30-28+. The van der Waals surface area contributed by atoms with Gasteiger partial charge in [-0.25, -0.2) is 0 Å². The van der Waals surface area contributed by atoms with Crippen LogP contribution in [0.15, 0.2) is 43.9 Å². The SMILES string of the molecule is CCCCCCCCCCCCOc1c(-c2nnc(/C=C/c3cccs3)o2)sc(-c2nnc(/C=C/c3cccs3)o2)c1OCCCCCCCCCCCC. The van der Waals surface area contributed by atoms with Crippen LogP contribution < -0.4 is 9.47 Å². The van der Waals surface area contributed by atoms with Crippen LogP contribution in [-0.4, -0.2) is 33.6 Å². The highest BCUT2D eigenvalue weighted by Gasteiger charge is 2.29. The Bertz CT molecular complexity index is 1640. The van der Waals surface area contributed by atoms with Gasteiger partial charge in [-0.05, 0) is 47.9 Å². The molecule has 0 saturated heterocycles. The molecule has 0 aliphatic heterocycles. The van der Waals surface area contributed by atoms with Gasteiger partial charge in [0, 0.05) is 21.9 Å². The molecule has 55 heavy (non-hydrogen) atoms. The van der Waals surface area contributed by atoms with Crippen molar-refractivity contribution in [1.29, 1.82) is 0 Å². The number of hydrogen-bond acceptors (Lipinski definition) is 11. The zero-order chi connectivity index (χ0) is 38.2. The van der Waals surface area contributed by atoms with Crippen LogP contribution in [0.4, 0.5) is 0 Å². The van der Waals surface area contributed by atoms with E-state index in [0.29, 0.717) is 58.0 Å². The summed E-state index contributed by atoms with van der Waals surface area (Å²) in [5.74, 6) is 2.81. The Labute approximate surface area is 340 Å². The highest BCUT2D eigenvalue weighted by atomic mass is 32.1. The minimum atomic E-state index is 0.376. The molecule has 5 aromatic heterocycles. The minimum Gasteiger partial charge on any atom is -0.488 e. The number of ether oxygens (including phenoxy) is 2. The van der Waals surface area contributed by atoms with Crippen molar-refractivity contribution in [3.8, 4) is 33.0 Å². The van der Waals surface area contributed by atoms with Crippen LogP contribution in [0.2, 0.25) is 0 Å². The van der Waals surface area contributed by atoms with Crippen molar-refractivity contribution in [2.75, 3.05) is 13.2 Å². The van der Waals surface area contributed by atoms with Gasteiger partial charge in [-0.3, -0.25) is 0 Å². The molecule has 11 heteroatoms. The van der Waals surface area contributed by atoms with Crippen molar-refractivity contribution in [3.05, 3.63) is 56.6 Å². The molecule has 5 rings (SSSR count). The van der Waals surface area contributed by atoms with Gasteiger partial charge in [-0.15, -0.1) is 54.4 Å². The fourth-order valence-corrected chi connectivity index (χ4v) is 8.61. The van der Waals surface area contributed by atoms with Crippen molar-refractivity contribution < 1.29 is 18.3 Å². The highest BCUT2D eigenvalue weighted by molar-refractivity contribution is 7.19. The summed E-state index contributed by atoms with van der Waals surface area (Å²) >= 11 is 4.74. The number of unbranched alkanes of at least 4 members (excludes halogenated alkanes) is 18. The summed E-state index contributed by atoms with van der Waals surface area (Å²) in [6.07, 6.45) is 32.8. The van der Waals surface area contributed by atoms with Crippen LogP contribution in [0, 0.1) is 0 Å². The quantitative estimate of drug-likeness (QED) is 0.0423. The molecule has 0 bridgehead atoms. The molecule has 0 amide bonds. The Morgan fingerprint density at radius 3 is 1.24 bits per heavy atom. The third kappa shape index (κ3) is 15.1. The highest BCUT2D eigenvalue weighted by Crippen LogP contribution is 2.52. The smallest absolute Gasteiger partial charge is 0.262 e. The first-order valence-electron chi connectivity index (χ1n) is 20.8. The van der Waals surface area contributed by atoms with E-state index in [0.717, 1.165) is 35.4 Å². The van der Waals surface area contributed by atoms with E-state index in [9.17, 15) is 0 Å². The lowest BCUT2D eigenvalue weighted by atomic mass is 10.1. The molecule has 0 N–H and O–H groups in total. The average Bonchev–Trinajstić information content (AvgIpc) is 4.06. The van der Waals surface area contributed by atoms with Crippen LogP contribution in [-0.2, 0) is 0 Å². The summed E-state index contributed by atoms with van der Waals surface area (Å²) in [6, 6.07) is 8.15. The van der Waals surface area contributed by atoms with Crippen molar-refractivity contribution in [1.82, 2.24) is 20.4 Å². The fraction of sp³-hybridized carbons (Fsp3) is 0.545. The van der Waals surface area contributed by atoms with E-state index in [1.165, 1.54) is 114 Å². The van der Waals surface area contributed by atoms with Crippen LogP contribution in [0.25, 0.3) is 45.8 Å². The summed E-state index contributed by atoms with van der Waals surface area (Å²) in [6.45, 7) is 5.66. The number of rotatable bonds is 30. The zero-order valence-electron chi connectivity index (χ0n) is 33.0. The van der Waals surface area contributed by atoms with Crippen molar-refractivity contribution in [3.63, 3.8) is 0 Å². The summed E-state index contributed by atoms with van der Waals surface area (Å²) in [5.41, 5.74) is 0. The van der Waals surface area contributed by atoms with E-state index in [4.69, 9.17) is 18.3 Å². The summed E-state index contributed by atoms with van der Waals surface area (Å²) in [7, 11) is 0. The molecule has 298 valence electrons. The first-order valence-corrected chi connectivity index (χ1v) is 23.4. The number of nitrogens with zero attached hydrogens (tertiary/aromatic N) is 4. The topological polar surface area (TPSA) is 96.3 Å². The van der Waals surface area contributed by atoms with Gasteiger partial charge in [-0.2, -0.15) is 0 Å². The molecule has 0 spiro atoms. The maximum Gasteiger partial charge on any atom is 0.262 e. The lowest BCUT2D eigenvalue weighted by molar-refractivity contribution is 0.261. The van der Waals surface area contributed by atoms with Crippen molar-refractivity contribution >= 4 is 58.3 Å². The summed E-state index contributed by atoms with van der Waals surface area (Å²) < 4.78 is 25.7. The van der Waals surface area contributed by atoms with Crippen molar-refractivity contribution in [2.24, 2.45) is 0 Å². The van der Waals surface area contributed by atoms with E-state index in [1.54, 1.807) is 22.7 Å². The lowest BCUT2D eigenvalue weighted by Gasteiger charge is -2.11. The molecule has 0 aliphatic carbocycles. The van der Waals surface area contributed by atoms with Crippen LogP contribution >= 0.6 is 34.0 Å². The molecule has 0 unspecified atom stereocenters. The van der Waals surface area contributed by atoms with Gasteiger partial charge in [0.2, 0.25) is 11.8 Å². The Kier molecular flexibility index (Phi) is 19.8. The first-order chi connectivity index (χ1) is 27.2. The molecule has 0 fully saturated rings. The Hall–Kier alpha value is -3.54. The van der Waals surface area contributed by atoms with Gasteiger partial charge < -0.3 is 18.3 Å². The van der Waals surface area contributed by atoms with Crippen LogP contribution in [0.3, 0.4) is 0 Å². The monoisotopic (exact) mass is 804 g/mol. The summed E-state index contributed by atoms with van der Waals surface area (Å²) in [4.78, 5) is 3.64. The third-order valence-corrected chi connectivity index (χ3v) is 12.3. The molecule has 0 radical (unpaired) electrons. The van der Waals surface area contributed by atoms with Crippen molar-refractivity contribution in [2.45, 2.75) is 142 Å². The average molecular weight is 805 g/mol. The number of thiophene rings is 3. The third-order valence-electron chi connectivity index (χ3n) is 9.45. The number of aromatic nitrogens is 4. The summed E-state index contributed by atoms with van der Waals surface area (Å²) in [5, 5.41) is 21.7. The first kappa shape index (κ1) is 42.6. The molecule has 5 heterocycles. The van der Waals surface area contributed by atoms with Crippen LogP contribution in [0.5, 0.6) is 11.5 Å². The second-order valence-electron chi connectivity index (χ2n) is 14.1. The second-order valence-corrected chi connectivity index (χ2v) is 17.0. The molecule has 0 aliphatic rings. The number of hydrogen-bond donors (Lipinski definition) is 0. The van der Waals surface area contributed by atoms with E-state index in [1.807, 2.05) is 47.2 Å². The predicted molar refractivity (Wildman–Crippen MR) is 232 cm³/mol. The van der Waals surface area contributed by atoms with Crippen LogP contribution in [0.1, 0.15) is 164 Å².